The van der Waals surface area contributed by atoms with Crippen LogP contribution in [0.3, 0.4) is 0 Å². The number of hydrogen-bond donors (Lipinski definition) is 2. The van der Waals surface area contributed by atoms with E-state index in [4.69, 9.17) is 4.74 Å². The number of para-hydroxylation sites is 1. The molecule has 3 fully saturated rings. The van der Waals surface area contributed by atoms with E-state index >= 15 is 0 Å². The van der Waals surface area contributed by atoms with Crippen LogP contribution in [0.15, 0.2) is 42.6 Å². The maximum absolute atomic E-state index is 10.5. The molecule has 2 saturated carbocycles. The molecule has 2 N–H and O–H groups in total. The van der Waals surface area contributed by atoms with Crippen molar-refractivity contribution in [3.05, 3.63) is 48.2 Å². The van der Waals surface area contributed by atoms with Crippen molar-refractivity contribution in [2.45, 2.75) is 64.8 Å². The van der Waals surface area contributed by atoms with E-state index in [0.29, 0.717) is 11.8 Å². The van der Waals surface area contributed by atoms with Gasteiger partial charge in [-0.1, -0.05) is 44.2 Å². The van der Waals surface area contributed by atoms with Gasteiger partial charge in [0.15, 0.2) is 6.29 Å². The average molecular weight is 366 g/mol. The molecule has 27 heavy (non-hydrogen) atoms. The van der Waals surface area contributed by atoms with Crippen molar-refractivity contribution >= 4 is 10.9 Å². The van der Waals surface area contributed by atoms with Crippen molar-refractivity contribution in [1.29, 1.82) is 0 Å². The summed E-state index contributed by atoms with van der Waals surface area (Å²) in [5.41, 5.74) is 4.12. The fourth-order valence-electron chi connectivity index (χ4n) is 6.93. The number of fused-ring (bicyclic) bond motifs is 1. The Hall–Kier alpha value is -1.58. The number of aliphatic hydroxyl groups excluding tert-OH is 1. The van der Waals surface area contributed by atoms with Crippen molar-refractivity contribution in [2.24, 2.45) is 22.7 Å². The van der Waals surface area contributed by atoms with E-state index in [1.807, 2.05) is 0 Å². The van der Waals surface area contributed by atoms with E-state index < -0.39 is 6.29 Å². The normalized spacial score (nSPS) is 41.5. The van der Waals surface area contributed by atoms with E-state index in [9.17, 15) is 5.11 Å². The zero-order valence-corrected chi connectivity index (χ0v) is 16.5. The Morgan fingerprint density at radius 1 is 1.30 bits per heavy atom. The van der Waals surface area contributed by atoms with Gasteiger partial charge in [0.25, 0.3) is 0 Å². The maximum atomic E-state index is 10.5. The third kappa shape index (κ3) is 2.28. The van der Waals surface area contributed by atoms with Crippen LogP contribution in [0.1, 0.15) is 51.5 Å². The fourth-order valence-corrected chi connectivity index (χ4v) is 6.93. The van der Waals surface area contributed by atoms with E-state index in [-0.39, 0.29) is 16.9 Å². The van der Waals surface area contributed by atoms with Crippen molar-refractivity contribution in [1.82, 2.24) is 4.98 Å². The molecule has 4 unspecified atom stereocenters. The highest BCUT2D eigenvalue weighted by Gasteiger charge is 2.67. The summed E-state index contributed by atoms with van der Waals surface area (Å²) in [4.78, 5) is 3.44. The van der Waals surface area contributed by atoms with Crippen molar-refractivity contribution in [2.75, 3.05) is 0 Å². The first-order valence-corrected chi connectivity index (χ1v) is 10.5. The maximum Gasteiger partial charge on any atom is 0.155 e. The van der Waals surface area contributed by atoms with Crippen LogP contribution in [-0.4, -0.2) is 22.5 Å². The molecule has 3 nitrogen and oxygen atoms in total. The lowest BCUT2D eigenvalue weighted by atomic mass is 9.41. The van der Waals surface area contributed by atoms with Gasteiger partial charge in [-0.05, 0) is 61.0 Å². The monoisotopic (exact) mass is 365 g/mol. The second-order valence-electron chi connectivity index (χ2n) is 9.49. The van der Waals surface area contributed by atoms with Crippen LogP contribution in [0.5, 0.6) is 0 Å². The number of aromatic nitrogens is 1. The molecule has 1 spiro atoms. The summed E-state index contributed by atoms with van der Waals surface area (Å²) in [7, 11) is 0. The molecule has 1 aromatic heterocycles. The van der Waals surface area contributed by atoms with Gasteiger partial charge in [0, 0.05) is 28.9 Å². The lowest BCUT2D eigenvalue weighted by Crippen LogP contribution is -2.59. The Morgan fingerprint density at radius 3 is 2.96 bits per heavy atom. The molecule has 2 heterocycles. The van der Waals surface area contributed by atoms with E-state index in [1.54, 1.807) is 0 Å². The number of ether oxygens (including phenoxy) is 1. The van der Waals surface area contributed by atoms with Gasteiger partial charge in [0.1, 0.15) is 0 Å². The van der Waals surface area contributed by atoms with Crippen LogP contribution in [0.25, 0.3) is 10.9 Å². The number of rotatable bonds is 2. The summed E-state index contributed by atoms with van der Waals surface area (Å²) in [5.74, 6) is 1.02. The summed E-state index contributed by atoms with van der Waals surface area (Å²) < 4.78 is 6.13. The van der Waals surface area contributed by atoms with Crippen LogP contribution < -0.4 is 0 Å². The van der Waals surface area contributed by atoms with Gasteiger partial charge in [-0.25, -0.2) is 0 Å². The lowest BCUT2D eigenvalue weighted by molar-refractivity contribution is -0.158. The molecule has 1 aliphatic heterocycles. The molecule has 6 atom stereocenters. The number of allylic oxidation sites excluding steroid dienone is 1. The molecule has 144 valence electrons. The van der Waals surface area contributed by atoms with Gasteiger partial charge < -0.3 is 14.8 Å². The SMILES string of the molecule is C=C1CCC2(C)C(C)CCC3O[C@@H](O)CC32[C@H]1Cc1c[nH]c2ccccc12. The van der Waals surface area contributed by atoms with Gasteiger partial charge in [0.2, 0.25) is 0 Å². The molecule has 0 radical (unpaired) electrons. The first-order chi connectivity index (χ1) is 13.0. The minimum absolute atomic E-state index is 0.00219. The fraction of sp³-hybridized carbons (Fsp3) is 0.583. The first kappa shape index (κ1) is 17.5. The van der Waals surface area contributed by atoms with E-state index in [2.05, 4.69) is 55.9 Å². The number of aliphatic hydroxyl groups is 1. The van der Waals surface area contributed by atoms with Gasteiger partial charge in [-0.3, -0.25) is 0 Å². The number of H-pyrrole nitrogens is 1. The lowest BCUT2D eigenvalue weighted by Gasteiger charge is -2.62. The highest BCUT2D eigenvalue weighted by molar-refractivity contribution is 5.83. The van der Waals surface area contributed by atoms with Crippen LogP contribution in [-0.2, 0) is 11.2 Å². The highest BCUT2D eigenvalue weighted by atomic mass is 16.6. The molecule has 3 aliphatic rings. The summed E-state index contributed by atoms with van der Waals surface area (Å²) in [6, 6.07) is 8.55. The van der Waals surface area contributed by atoms with Crippen molar-refractivity contribution in [3.63, 3.8) is 0 Å². The number of aromatic amines is 1. The third-order valence-electron chi connectivity index (χ3n) is 8.60. The number of hydrogen-bond acceptors (Lipinski definition) is 2. The largest absolute Gasteiger partial charge is 0.368 e. The zero-order chi connectivity index (χ0) is 18.8. The summed E-state index contributed by atoms with van der Waals surface area (Å²) in [6.07, 6.45) is 7.96. The highest BCUT2D eigenvalue weighted by Crippen LogP contribution is 2.69. The molecule has 2 aromatic rings. The molecule has 5 rings (SSSR count). The van der Waals surface area contributed by atoms with Gasteiger partial charge >= 0.3 is 0 Å². The minimum Gasteiger partial charge on any atom is -0.368 e. The molecule has 2 aliphatic carbocycles. The summed E-state index contributed by atoms with van der Waals surface area (Å²) in [6.45, 7) is 9.42. The quantitative estimate of drug-likeness (QED) is 0.718. The van der Waals surface area contributed by atoms with Crippen LogP contribution >= 0.6 is 0 Å². The molecule has 0 amide bonds. The zero-order valence-electron chi connectivity index (χ0n) is 16.5. The third-order valence-corrected chi connectivity index (χ3v) is 8.60. The number of nitrogens with one attached hydrogen (secondary N) is 1. The predicted molar refractivity (Wildman–Crippen MR) is 108 cm³/mol. The second-order valence-corrected chi connectivity index (χ2v) is 9.49. The van der Waals surface area contributed by atoms with Crippen LogP contribution in [0.2, 0.25) is 0 Å². The smallest absolute Gasteiger partial charge is 0.155 e. The topological polar surface area (TPSA) is 45.2 Å². The average Bonchev–Trinajstić information content (AvgIpc) is 3.22. The molecule has 1 saturated heterocycles. The van der Waals surface area contributed by atoms with Crippen molar-refractivity contribution < 1.29 is 9.84 Å². The van der Waals surface area contributed by atoms with Crippen LogP contribution in [0.4, 0.5) is 0 Å². The van der Waals surface area contributed by atoms with Crippen LogP contribution in [0, 0.1) is 22.7 Å². The minimum atomic E-state index is -0.629. The van der Waals surface area contributed by atoms with E-state index in [1.165, 1.54) is 34.9 Å². The molecule has 3 heteroatoms. The van der Waals surface area contributed by atoms with Gasteiger partial charge in [0.05, 0.1) is 6.10 Å². The Balaban J connectivity index is 1.62. The van der Waals surface area contributed by atoms with Gasteiger partial charge in [-0.2, -0.15) is 0 Å². The second kappa shape index (κ2) is 5.96. The summed E-state index contributed by atoms with van der Waals surface area (Å²) >= 11 is 0. The Morgan fingerprint density at radius 2 is 2.11 bits per heavy atom. The van der Waals surface area contributed by atoms with Crippen molar-refractivity contribution in [3.8, 4) is 0 Å². The molecule has 0 bridgehead atoms. The molecule has 1 aromatic carbocycles. The van der Waals surface area contributed by atoms with E-state index in [0.717, 1.165) is 25.7 Å². The first-order valence-electron chi connectivity index (χ1n) is 10.5. The Kier molecular flexibility index (Phi) is 3.86. The Labute approximate surface area is 161 Å². The van der Waals surface area contributed by atoms with Gasteiger partial charge in [-0.15, -0.1) is 0 Å². The predicted octanol–water partition coefficient (Wildman–Crippen LogP) is 5.21. The number of benzene rings is 1. The molecular weight excluding hydrogens is 334 g/mol. The molecular formula is C24H31NO2. The Bertz CT molecular complexity index is 885. The standard InChI is InChI=1S/C24H31NO2/c1-15-10-11-23(3)16(2)8-9-21-24(23,13-22(26)27-21)19(15)12-17-14-25-20-7-5-4-6-18(17)20/h4-7,14,16,19,21-22,25-26H,1,8-13H2,2-3H3/t16?,19-,21?,22+,23?,24?/m0/s1. The summed E-state index contributed by atoms with van der Waals surface area (Å²) in [5, 5.41) is 11.9.